The summed E-state index contributed by atoms with van der Waals surface area (Å²) in [6, 6.07) is 0. The molecule has 6 nitrogen and oxygen atoms in total. The van der Waals surface area contributed by atoms with Crippen LogP contribution in [0.5, 0.6) is 0 Å². The summed E-state index contributed by atoms with van der Waals surface area (Å²) in [7, 11) is -4.38. The van der Waals surface area contributed by atoms with Crippen LogP contribution in [-0.4, -0.2) is 41.1 Å². The zero-order chi connectivity index (χ0) is 9.12. The van der Waals surface area contributed by atoms with Gasteiger partial charge in [-0.2, -0.15) is 8.42 Å². The van der Waals surface area contributed by atoms with Crippen molar-refractivity contribution in [2.75, 3.05) is 13.2 Å². The van der Waals surface area contributed by atoms with Crippen LogP contribution in [0, 0.1) is 0 Å². The number of hydrogen-bond acceptors (Lipinski definition) is 5. The molecular formula is C5H15NO5S. The predicted octanol–water partition coefficient (Wildman–Crippen LogP) is -0.830. The molecule has 0 fully saturated rings. The Morgan fingerprint density at radius 1 is 1.25 bits per heavy atom. The minimum absolute atomic E-state index is 0. The third-order valence-corrected chi connectivity index (χ3v) is 3.41. The van der Waals surface area contributed by atoms with Crippen molar-refractivity contribution in [3.63, 3.8) is 0 Å². The van der Waals surface area contributed by atoms with Crippen molar-refractivity contribution in [1.29, 1.82) is 0 Å². The fourth-order valence-corrected chi connectivity index (χ4v) is 1.31. The molecule has 0 spiro atoms. The van der Waals surface area contributed by atoms with Gasteiger partial charge in [-0.1, -0.05) is 6.92 Å². The fourth-order valence-electron chi connectivity index (χ4n) is 0.619. The molecule has 0 aliphatic rings. The second kappa shape index (κ2) is 4.73. The molecule has 0 aliphatic carbocycles. The summed E-state index contributed by atoms with van der Waals surface area (Å²) in [5.41, 5.74) is 0. The maximum absolute atomic E-state index is 10.6. The summed E-state index contributed by atoms with van der Waals surface area (Å²) in [6.07, 6.45) is -0.0289. The van der Waals surface area contributed by atoms with Crippen LogP contribution in [0.25, 0.3) is 0 Å². The van der Waals surface area contributed by atoms with Crippen molar-refractivity contribution in [3.05, 3.63) is 0 Å². The average molecular weight is 201 g/mol. The summed E-state index contributed by atoms with van der Waals surface area (Å²) >= 11 is 0. The first-order valence-electron chi connectivity index (χ1n) is 3.12. The Hall–Kier alpha value is -0.210. The zero-order valence-corrected chi connectivity index (χ0v) is 7.71. The van der Waals surface area contributed by atoms with Crippen molar-refractivity contribution < 1.29 is 23.2 Å². The third-order valence-electron chi connectivity index (χ3n) is 1.77. The molecule has 0 rings (SSSR count). The van der Waals surface area contributed by atoms with Crippen molar-refractivity contribution in [3.8, 4) is 0 Å². The molecule has 6 N–H and O–H groups in total. The van der Waals surface area contributed by atoms with Gasteiger partial charge in [0.2, 0.25) is 0 Å². The lowest BCUT2D eigenvalue weighted by Gasteiger charge is -2.23. The Balaban J connectivity index is 0. The Bertz CT molecular complexity index is 200. The second-order valence-electron chi connectivity index (χ2n) is 2.33. The predicted molar refractivity (Wildman–Crippen MR) is 43.8 cm³/mol. The van der Waals surface area contributed by atoms with E-state index in [1.165, 1.54) is 6.92 Å². The molecule has 0 amide bonds. The SMILES string of the molecule is CCC(CO)(CO)S(=O)(=O)O.N. The van der Waals surface area contributed by atoms with Gasteiger partial charge in [-0.3, -0.25) is 4.55 Å². The molecule has 12 heavy (non-hydrogen) atoms. The highest BCUT2D eigenvalue weighted by Crippen LogP contribution is 2.18. The van der Waals surface area contributed by atoms with E-state index in [1.807, 2.05) is 0 Å². The first kappa shape index (κ1) is 14.3. The van der Waals surface area contributed by atoms with E-state index in [9.17, 15) is 8.42 Å². The van der Waals surface area contributed by atoms with Crippen LogP contribution in [0.2, 0.25) is 0 Å². The molecule has 0 aromatic rings. The van der Waals surface area contributed by atoms with Crippen LogP contribution in [0.1, 0.15) is 13.3 Å². The maximum atomic E-state index is 10.6. The summed E-state index contributed by atoms with van der Waals surface area (Å²) in [4.78, 5) is 0. The van der Waals surface area contributed by atoms with Gasteiger partial charge in [-0.15, -0.1) is 0 Å². The van der Waals surface area contributed by atoms with Gasteiger partial charge >= 0.3 is 0 Å². The maximum Gasteiger partial charge on any atom is 0.275 e. The molecule has 0 aliphatic heterocycles. The summed E-state index contributed by atoms with van der Waals surface area (Å²) in [6.45, 7) is -0.0993. The van der Waals surface area contributed by atoms with Crippen LogP contribution in [0.15, 0.2) is 0 Å². The molecule has 0 atom stereocenters. The van der Waals surface area contributed by atoms with Crippen LogP contribution in [0.4, 0.5) is 0 Å². The highest BCUT2D eigenvalue weighted by molar-refractivity contribution is 7.87. The van der Waals surface area contributed by atoms with Crippen molar-refractivity contribution in [2.24, 2.45) is 0 Å². The summed E-state index contributed by atoms with van der Waals surface area (Å²) in [5, 5.41) is 17.2. The van der Waals surface area contributed by atoms with Gasteiger partial charge in [0.15, 0.2) is 0 Å². The first-order chi connectivity index (χ1) is 4.93. The van der Waals surface area contributed by atoms with E-state index in [0.29, 0.717) is 0 Å². The van der Waals surface area contributed by atoms with E-state index >= 15 is 0 Å². The van der Waals surface area contributed by atoms with Crippen molar-refractivity contribution >= 4 is 10.1 Å². The highest BCUT2D eigenvalue weighted by Gasteiger charge is 2.40. The molecule has 7 heteroatoms. The Labute approximate surface area is 71.6 Å². The minimum atomic E-state index is -4.38. The third kappa shape index (κ3) is 2.39. The number of aliphatic hydroxyl groups excluding tert-OH is 2. The molecule has 0 aromatic carbocycles. The monoisotopic (exact) mass is 201 g/mol. The molecule has 0 unspecified atom stereocenters. The summed E-state index contributed by atoms with van der Waals surface area (Å²) in [5.74, 6) is 0. The van der Waals surface area contributed by atoms with Gasteiger partial charge in [-0.05, 0) is 6.42 Å². The van der Waals surface area contributed by atoms with Crippen LogP contribution < -0.4 is 6.15 Å². The van der Waals surface area contributed by atoms with E-state index in [2.05, 4.69) is 0 Å². The fraction of sp³-hybridized carbons (Fsp3) is 1.00. The van der Waals surface area contributed by atoms with E-state index in [1.54, 1.807) is 0 Å². The minimum Gasteiger partial charge on any atom is -0.395 e. The molecule has 0 bridgehead atoms. The Kier molecular flexibility index (Phi) is 5.64. The molecule has 0 aromatic heterocycles. The normalized spacial score (nSPS) is 12.3. The lowest BCUT2D eigenvalue weighted by molar-refractivity contribution is 0.156. The van der Waals surface area contributed by atoms with Crippen LogP contribution in [-0.2, 0) is 10.1 Å². The van der Waals surface area contributed by atoms with E-state index in [4.69, 9.17) is 14.8 Å². The standard InChI is InChI=1S/C5H12O5S.H3N/c1-2-5(3-6,4-7)11(8,9)10;/h6-7H,2-4H2,1H3,(H,8,9,10);1H3. The molecular weight excluding hydrogens is 186 g/mol. The lowest BCUT2D eigenvalue weighted by atomic mass is 10.1. The van der Waals surface area contributed by atoms with Gasteiger partial charge in [0.25, 0.3) is 10.1 Å². The van der Waals surface area contributed by atoms with Crippen molar-refractivity contribution in [1.82, 2.24) is 6.15 Å². The average Bonchev–Trinajstić information content (AvgIpc) is 1.90. The Morgan fingerprint density at radius 3 is 1.58 bits per heavy atom. The van der Waals surface area contributed by atoms with Crippen LogP contribution in [0.3, 0.4) is 0 Å². The van der Waals surface area contributed by atoms with Gasteiger partial charge in [0.05, 0.1) is 13.2 Å². The second-order valence-corrected chi connectivity index (χ2v) is 4.14. The van der Waals surface area contributed by atoms with E-state index < -0.39 is 28.1 Å². The molecule has 0 saturated heterocycles. The van der Waals surface area contributed by atoms with Gasteiger partial charge in [0.1, 0.15) is 4.75 Å². The number of hydrogen-bond donors (Lipinski definition) is 4. The highest BCUT2D eigenvalue weighted by atomic mass is 32.2. The smallest absolute Gasteiger partial charge is 0.275 e. The molecule has 0 radical (unpaired) electrons. The molecule has 0 heterocycles. The van der Waals surface area contributed by atoms with Gasteiger partial charge in [-0.25, -0.2) is 0 Å². The number of rotatable bonds is 4. The topological polar surface area (TPSA) is 130 Å². The molecule has 0 saturated carbocycles. The summed E-state index contributed by atoms with van der Waals surface area (Å²) < 4.78 is 27.9. The van der Waals surface area contributed by atoms with Gasteiger partial charge in [0, 0.05) is 0 Å². The van der Waals surface area contributed by atoms with Crippen molar-refractivity contribution in [2.45, 2.75) is 18.1 Å². The lowest BCUT2D eigenvalue weighted by Crippen LogP contribution is -2.44. The van der Waals surface area contributed by atoms with E-state index in [-0.39, 0.29) is 12.6 Å². The first-order valence-corrected chi connectivity index (χ1v) is 4.56. The zero-order valence-electron chi connectivity index (χ0n) is 6.89. The molecule has 76 valence electrons. The number of aliphatic hydroxyl groups is 2. The van der Waals surface area contributed by atoms with E-state index in [0.717, 1.165) is 0 Å². The largest absolute Gasteiger partial charge is 0.395 e. The van der Waals surface area contributed by atoms with Crippen LogP contribution >= 0.6 is 0 Å². The quantitative estimate of drug-likeness (QED) is 0.439. The van der Waals surface area contributed by atoms with Gasteiger partial charge < -0.3 is 16.4 Å². The Morgan fingerprint density at radius 2 is 1.58 bits per heavy atom.